The first kappa shape index (κ1) is 21.5. The van der Waals surface area contributed by atoms with Crippen LogP contribution in [-0.4, -0.2) is 6.61 Å². The van der Waals surface area contributed by atoms with Gasteiger partial charge in [-0.25, -0.2) is 0 Å². The molecule has 0 heterocycles. The van der Waals surface area contributed by atoms with Crippen molar-refractivity contribution in [1.82, 2.24) is 0 Å². The van der Waals surface area contributed by atoms with Crippen molar-refractivity contribution in [2.75, 3.05) is 6.61 Å². The van der Waals surface area contributed by atoms with E-state index in [0.717, 1.165) is 12.4 Å². The van der Waals surface area contributed by atoms with Gasteiger partial charge in [0, 0.05) is 5.92 Å². The Kier molecular flexibility index (Phi) is 16.5. The molecule has 1 nitrogen and oxygen atoms in total. The first-order valence-electron chi connectivity index (χ1n) is 10.1. The molecule has 1 heteroatoms. The number of rotatable bonds is 17. The normalized spacial score (nSPS) is 12.3. The Bertz CT molecular complexity index is 234. The van der Waals surface area contributed by atoms with Gasteiger partial charge in [-0.2, -0.15) is 0 Å². The summed E-state index contributed by atoms with van der Waals surface area (Å²) in [7, 11) is 0. The van der Waals surface area contributed by atoms with E-state index in [9.17, 15) is 0 Å². The zero-order valence-electron chi connectivity index (χ0n) is 15.8. The third-order valence-corrected chi connectivity index (χ3v) is 4.55. The van der Waals surface area contributed by atoms with Gasteiger partial charge in [0.2, 0.25) is 0 Å². The van der Waals surface area contributed by atoms with Crippen LogP contribution in [-0.2, 0) is 4.74 Å². The molecule has 22 heavy (non-hydrogen) atoms. The molecule has 1 unspecified atom stereocenters. The summed E-state index contributed by atoms with van der Waals surface area (Å²) in [6.45, 7) is 11.9. The standard InChI is InChI=1S/C21H42O/c1-5-8-11-13-14-15-18-21(17-10-7-3)20(4)22-19-16-12-9-6-2/h21H,4-19H2,1-3H3. The van der Waals surface area contributed by atoms with Gasteiger partial charge in [0.15, 0.2) is 0 Å². The molecule has 132 valence electrons. The molecule has 0 aromatic carbocycles. The predicted octanol–water partition coefficient (Wildman–Crippen LogP) is 7.65. The maximum absolute atomic E-state index is 5.95. The third kappa shape index (κ3) is 13.2. The molecule has 0 aromatic rings. The largest absolute Gasteiger partial charge is 0.498 e. The number of hydrogen-bond acceptors (Lipinski definition) is 1. The van der Waals surface area contributed by atoms with E-state index in [1.54, 1.807) is 0 Å². The lowest BCUT2D eigenvalue weighted by atomic mass is 9.93. The summed E-state index contributed by atoms with van der Waals surface area (Å²) in [5, 5.41) is 0. The van der Waals surface area contributed by atoms with Crippen LogP contribution in [0.15, 0.2) is 12.3 Å². The quantitative estimate of drug-likeness (QED) is 0.198. The van der Waals surface area contributed by atoms with Gasteiger partial charge in [0.05, 0.1) is 12.4 Å². The van der Waals surface area contributed by atoms with Gasteiger partial charge >= 0.3 is 0 Å². The minimum Gasteiger partial charge on any atom is -0.498 e. The zero-order valence-corrected chi connectivity index (χ0v) is 15.8. The van der Waals surface area contributed by atoms with Gasteiger partial charge in [-0.15, -0.1) is 0 Å². The van der Waals surface area contributed by atoms with E-state index >= 15 is 0 Å². The average Bonchev–Trinajstić information content (AvgIpc) is 2.53. The van der Waals surface area contributed by atoms with Crippen molar-refractivity contribution in [1.29, 1.82) is 0 Å². The molecule has 0 aromatic heterocycles. The monoisotopic (exact) mass is 310 g/mol. The van der Waals surface area contributed by atoms with Gasteiger partial charge in [-0.1, -0.05) is 98.0 Å². The predicted molar refractivity (Wildman–Crippen MR) is 100 cm³/mol. The molecular weight excluding hydrogens is 268 g/mol. The molecule has 0 saturated carbocycles. The Morgan fingerprint density at radius 2 is 1.18 bits per heavy atom. The SMILES string of the molecule is C=C(OCCCCCC)C(CCCC)CCCCCCCC. The summed E-state index contributed by atoms with van der Waals surface area (Å²) in [5.41, 5.74) is 0. The van der Waals surface area contributed by atoms with Crippen LogP contribution in [0.3, 0.4) is 0 Å². The van der Waals surface area contributed by atoms with Crippen LogP contribution in [0, 0.1) is 5.92 Å². The highest BCUT2D eigenvalue weighted by atomic mass is 16.5. The van der Waals surface area contributed by atoms with Crippen molar-refractivity contribution in [2.45, 2.75) is 111 Å². The number of allylic oxidation sites excluding steroid dienone is 1. The summed E-state index contributed by atoms with van der Waals surface area (Å²) < 4.78 is 5.95. The Hall–Kier alpha value is -0.460. The summed E-state index contributed by atoms with van der Waals surface area (Å²) in [6.07, 6.45) is 18.5. The third-order valence-electron chi connectivity index (χ3n) is 4.55. The summed E-state index contributed by atoms with van der Waals surface area (Å²) in [5.74, 6) is 1.66. The van der Waals surface area contributed by atoms with Crippen molar-refractivity contribution in [3.05, 3.63) is 12.3 Å². The van der Waals surface area contributed by atoms with E-state index < -0.39 is 0 Å². The molecule has 0 aliphatic carbocycles. The van der Waals surface area contributed by atoms with Crippen LogP contribution < -0.4 is 0 Å². The van der Waals surface area contributed by atoms with Crippen molar-refractivity contribution in [3.63, 3.8) is 0 Å². The van der Waals surface area contributed by atoms with Gasteiger partial charge in [0.1, 0.15) is 0 Å². The fourth-order valence-electron chi connectivity index (χ4n) is 2.94. The average molecular weight is 311 g/mol. The van der Waals surface area contributed by atoms with E-state index in [4.69, 9.17) is 4.74 Å². The molecule has 0 bridgehead atoms. The van der Waals surface area contributed by atoms with Crippen molar-refractivity contribution in [3.8, 4) is 0 Å². The lowest BCUT2D eigenvalue weighted by Gasteiger charge is -2.20. The lowest BCUT2D eigenvalue weighted by molar-refractivity contribution is 0.164. The molecule has 0 rings (SSSR count). The van der Waals surface area contributed by atoms with Crippen LogP contribution in [0.25, 0.3) is 0 Å². The Balaban J connectivity index is 3.85. The summed E-state index contributed by atoms with van der Waals surface area (Å²) >= 11 is 0. The fraction of sp³-hybridized carbons (Fsp3) is 0.905. The molecule has 0 aliphatic rings. The summed E-state index contributed by atoms with van der Waals surface area (Å²) in [6, 6.07) is 0. The lowest BCUT2D eigenvalue weighted by Crippen LogP contribution is -2.08. The molecule has 0 spiro atoms. The van der Waals surface area contributed by atoms with Gasteiger partial charge in [-0.05, 0) is 19.3 Å². The smallest absolute Gasteiger partial charge is 0.0918 e. The second-order valence-corrected chi connectivity index (χ2v) is 6.77. The van der Waals surface area contributed by atoms with E-state index in [2.05, 4.69) is 27.4 Å². The van der Waals surface area contributed by atoms with E-state index in [0.29, 0.717) is 5.92 Å². The molecule has 0 aliphatic heterocycles. The Morgan fingerprint density at radius 3 is 1.82 bits per heavy atom. The van der Waals surface area contributed by atoms with Crippen LogP contribution in [0.5, 0.6) is 0 Å². The molecule has 1 atom stereocenters. The zero-order chi connectivity index (χ0) is 16.5. The molecule has 0 N–H and O–H groups in total. The summed E-state index contributed by atoms with van der Waals surface area (Å²) in [4.78, 5) is 0. The van der Waals surface area contributed by atoms with E-state index in [1.165, 1.54) is 89.9 Å². The molecule has 0 radical (unpaired) electrons. The van der Waals surface area contributed by atoms with Gasteiger partial charge in [-0.3, -0.25) is 0 Å². The molecule has 0 fully saturated rings. The van der Waals surface area contributed by atoms with Gasteiger partial charge < -0.3 is 4.74 Å². The number of ether oxygens (including phenoxy) is 1. The molecular formula is C21H42O. The second kappa shape index (κ2) is 16.9. The highest BCUT2D eigenvalue weighted by Crippen LogP contribution is 2.25. The second-order valence-electron chi connectivity index (χ2n) is 6.77. The van der Waals surface area contributed by atoms with Crippen LogP contribution in [0.4, 0.5) is 0 Å². The highest BCUT2D eigenvalue weighted by molar-refractivity contribution is 4.91. The maximum Gasteiger partial charge on any atom is 0.0918 e. The fourth-order valence-corrected chi connectivity index (χ4v) is 2.94. The van der Waals surface area contributed by atoms with E-state index in [-0.39, 0.29) is 0 Å². The van der Waals surface area contributed by atoms with Crippen molar-refractivity contribution >= 4 is 0 Å². The number of hydrogen-bond donors (Lipinski definition) is 0. The first-order chi connectivity index (χ1) is 10.8. The first-order valence-corrected chi connectivity index (χ1v) is 10.1. The van der Waals surface area contributed by atoms with Crippen LogP contribution in [0.2, 0.25) is 0 Å². The van der Waals surface area contributed by atoms with Gasteiger partial charge in [0.25, 0.3) is 0 Å². The van der Waals surface area contributed by atoms with Crippen molar-refractivity contribution in [2.24, 2.45) is 5.92 Å². The topological polar surface area (TPSA) is 9.23 Å². The maximum atomic E-state index is 5.95. The molecule has 0 amide bonds. The highest BCUT2D eigenvalue weighted by Gasteiger charge is 2.13. The Morgan fingerprint density at radius 1 is 0.682 bits per heavy atom. The Labute approximate surface area is 140 Å². The minimum atomic E-state index is 0.595. The molecule has 0 saturated heterocycles. The van der Waals surface area contributed by atoms with E-state index in [1.807, 2.05) is 0 Å². The number of unbranched alkanes of at least 4 members (excludes halogenated alkanes) is 9. The van der Waals surface area contributed by atoms with Crippen LogP contribution >= 0.6 is 0 Å². The van der Waals surface area contributed by atoms with Crippen LogP contribution in [0.1, 0.15) is 111 Å². The van der Waals surface area contributed by atoms with Crippen molar-refractivity contribution < 1.29 is 4.74 Å². The minimum absolute atomic E-state index is 0.595.